The Morgan fingerprint density at radius 1 is 0.969 bits per heavy atom. The number of carbonyl (C=O) groups excluding carboxylic acids is 3. The number of fused-ring (bicyclic) bond motifs is 3. The van der Waals surface area contributed by atoms with Gasteiger partial charge in [-0.1, -0.05) is 38.2 Å². The van der Waals surface area contributed by atoms with Crippen LogP contribution in [0.15, 0.2) is 47.8 Å². The zero-order valence-corrected chi connectivity index (χ0v) is 38.6. The number of aromatic nitrogens is 2. The van der Waals surface area contributed by atoms with Crippen LogP contribution < -0.4 is 14.8 Å². The Bertz CT molecular complexity index is 2390. The molecule has 0 radical (unpaired) electrons. The molecule has 6 atom stereocenters. The first-order valence-corrected chi connectivity index (χ1v) is 25.6. The minimum Gasteiger partial charge on any atom is -0.497 e. The third-order valence-electron chi connectivity index (χ3n) is 13.6. The van der Waals surface area contributed by atoms with Crippen molar-refractivity contribution in [1.82, 2.24) is 14.9 Å². The van der Waals surface area contributed by atoms with Gasteiger partial charge in [-0.3, -0.25) is 18.9 Å². The molecule has 4 fully saturated rings. The summed E-state index contributed by atoms with van der Waals surface area (Å²) < 4.78 is 62.8. The zero-order valence-electron chi connectivity index (χ0n) is 36.9. The van der Waals surface area contributed by atoms with Crippen molar-refractivity contribution >= 4 is 52.4 Å². The van der Waals surface area contributed by atoms with Gasteiger partial charge >= 0.3 is 5.97 Å². The highest BCUT2D eigenvalue weighted by atomic mass is 32.1. The quantitative estimate of drug-likeness (QED) is 0.103. The van der Waals surface area contributed by atoms with Crippen LogP contribution in [-0.2, 0) is 29.8 Å². The van der Waals surface area contributed by atoms with E-state index in [2.05, 4.69) is 5.32 Å². The van der Waals surface area contributed by atoms with Gasteiger partial charge in [0.2, 0.25) is 13.3 Å². The summed E-state index contributed by atoms with van der Waals surface area (Å²) in [4.78, 5) is 66.5. The van der Waals surface area contributed by atoms with E-state index in [1.807, 2.05) is 25.3 Å². The number of esters is 1. The number of nitrogens with one attached hydrogen (secondary N) is 1. The number of ketones is 1. The topological polar surface area (TPSA) is 157 Å². The number of nitrogens with zero attached hydrogens (tertiary/aromatic N) is 3. The number of hydrogen-bond donors (Lipinski definition) is 2. The lowest BCUT2D eigenvalue weighted by Crippen LogP contribution is -2.45. The number of halogens is 2. The van der Waals surface area contributed by atoms with Crippen molar-refractivity contribution < 1.29 is 46.8 Å². The Morgan fingerprint density at radius 2 is 1.69 bits per heavy atom. The Hall–Kier alpha value is -4.46. The van der Waals surface area contributed by atoms with E-state index in [-0.39, 0.29) is 56.2 Å². The fraction of sp³-hybridized carbons (Fsp3) is 0.562. The van der Waals surface area contributed by atoms with Crippen molar-refractivity contribution in [2.75, 3.05) is 19.0 Å². The van der Waals surface area contributed by atoms with Crippen LogP contribution in [0.2, 0.25) is 0 Å². The molecule has 1 amide bonds. The van der Waals surface area contributed by atoms with E-state index in [0.29, 0.717) is 53.1 Å². The minimum atomic E-state index is -4.42. The molecule has 344 valence electrons. The zero-order chi connectivity index (χ0) is 45.2. The van der Waals surface area contributed by atoms with E-state index in [1.54, 1.807) is 25.3 Å². The number of ether oxygens (including phenoxy) is 3. The first kappa shape index (κ1) is 46.1. The van der Waals surface area contributed by atoms with Crippen molar-refractivity contribution in [3.8, 4) is 22.9 Å². The summed E-state index contributed by atoms with van der Waals surface area (Å²) in [5.41, 5.74) is 1.30. The molecule has 8 rings (SSSR count). The van der Waals surface area contributed by atoms with Crippen molar-refractivity contribution in [3.63, 3.8) is 0 Å². The molecule has 0 spiro atoms. The highest BCUT2D eigenvalue weighted by Gasteiger charge is 2.66. The van der Waals surface area contributed by atoms with Gasteiger partial charge in [0, 0.05) is 53.3 Å². The van der Waals surface area contributed by atoms with E-state index < -0.39 is 65.7 Å². The normalized spacial score (nSPS) is 25.6. The van der Waals surface area contributed by atoms with Crippen molar-refractivity contribution in [2.45, 2.75) is 146 Å². The molecule has 4 aliphatic rings. The first-order valence-electron chi connectivity index (χ1n) is 22.9. The molecular weight excluding hydrogens is 862 g/mol. The number of carbonyl (C=O) groups is 3. The Kier molecular flexibility index (Phi) is 14.1. The summed E-state index contributed by atoms with van der Waals surface area (Å²) in [5, 5.41) is 5.25. The second kappa shape index (κ2) is 19.6. The number of thiazole rings is 1. The lowest BCUT2D eigenvalue weighted by atomic mass is 9.94. The number of pyridine rings is 1. The smallest absolute Gasteiger partial charge is 0.306 e. The van der Waals surface area contributed by atoms with Gasteiger partial charge in [0.05, 0.1) is 48.6 Å². The van der Waals surface area contributed by atoms with Gasteiger partial charge in [0.25, 0.3) is 0 Å². The molecule has 2 aliphatic heterocycles. The summed E-state index contributed by atoms with van der Waals surface area (Å²) >= 11 is 1.45. The molecule has 12 nitrogen and oxygen atoms in total. The molecule has 2 saturated heterocycles. The Morgan fingerprint density at radius 3 is 2.42 bits per heavy atom. The summed E-state index contributed by atoms with van der Waals surface area (Å²) in [7, 11) is -2.85. The second-order valence-corrected chi connectivity index (χ2v) is 22.0. The minimum absolute atomic E-state index is 0.0194. The summed E-state index contributed by atoms with van der Waals surface area (Å²) in [6.45, 7) is 4.08. The maximum atomic E-state index is 15.0. The van der Waals surface area contributed by atoms with Gasteiger partial charge in [-0.25, -0.2) is 18.7 Å². The molecular formula is C48H59F2N4O8PS. The standard InChI is InChI=1S/C48H59F2N4O8PS/c1-29(2)51-47-53-41(28-64-47)40-23-44(35-19-18-33(60-3)21-39(35)52-40)61-34-22-42-43(55)25-48(63(58,59)27-36-37(49)16-11-17-38(36)50)24-31(48)13-8-6-4-5-7-12-30(46(57)54(42)26-34)20-45(56)62-32-14-9-10-15-32/h11,16-19,21,23,28-32,34,42H,4-10,12-15,20,22,24-27H2,1-3H3,(H,51,53)(H,58,59)/t30-,31+,34-,42+,48-/m1/s1. The maximum absolute atomic E-state index is 15.0. The average molecular weight is 921 g/mol. The second-order valence-electron chi connectivity index (χ2n) is 18.6. The van der Waals surface area contributed by atoms with Crippen LogP contribution in [-0.4, -0.2) is 80.5 Å². The fourth-order valence-electron chi connectivity index (χ4n) is 10.1. The largest absolute Gasteiger partial charge is 0.497 e. The molecule has 4 heterocycles. The molecule has 2 saturated carbocycles. The number of anilines is 1. The first-order chi connectivity index (χ1) is 30.7. The van der Waals surface area contributed by atoms with Crippen LogP contribution >= 0.6 is 18.7 Å². The fourth-order valence-corrected chi connectivity index (χ4v) is 13.6. The SMILES string of the molecule is COc1ccc2c(O[C@@H]3C[C@H]4C(=O)C[C@]5(P(=O)(O)Cc6c(F)cccc6F)C[C@@H]5CCCCCCC[C@H](CC(=O)OC5CCCC5)C(=O)N4C3)cc(-c3csc(NC(C)C)n3)nc2c1. The third-order valence-corrected chi connectivity index (χ3v) is 17.3. The van der Waals surface area contributed by atoms with Crippen LogP contribution in [0, 0.1) is 23.5 Å². The predicted octanol–water partition coefficient (Wildman–Crippen LogP) is 10.2. The van der Waals surface area contributed by atoms with Crippen LogP contribution in [0.25, 0.3) is 22.3 Å². The molecule has 0 bridgehead atoms. The van der Waals surface area contributed by atoms with E-state index in [4.69, 9.17) is 24.2 Å². The number of amides is 1. The lowest BCUT2D eigenvalue weighted by Gasteiger charge is -2.30. The number of hydrogen-bond acceptors (Lipinski definition) is 11. The van der Waals surface area contributed by atoms with E-state index in [1.165, 1.54) is 22.3 Å². The van der Waals surface area contributed by atoms with Crippen LogP contribution in [0.5, 0.6) is 11.5 Å². The van der Waals surface area contributed by atoms with Gasteiger partial charge in [-0.05, 0) is 89.0 Å². The summed E-state index contributed by atoms with van der Waals surface area (Å²) in [5.74, 6) is -3.02. The van der Waals surface area contributed by atoms with Gasteiger partial charge in [-0.15, -0.1) is 11.3 Å². The molecule has 4 aromatic rings. The summed E-state index contributed by atoms with van der Waals surface area (Å²) in [6.07, 6.45) is 6.90. The molecule has 1 unspecified atom stereocenters. The monoisotopic (exact) mass is 920 g/mol. The number of Topliss-reactive ketones (excluding diaryl/α,β-unsaturated/α-hetero) is 1. The van der Waals surface area contributed by atoms with Crippen molar-refractivity contribution in [1.29, 1.82) is 0 Å². The Labute approximate surface area is 377 Å². The highest BCUT2D eigenvalue weighted by molar-refractivity contribution is 7.59. The van der Waals surface area contributed by atoms with Crippen LogP contribution in [0.4, 0.5) is 13.9 Å². The number of rotatable bonds is 12. The lowest BCUT2D eigenvalue weighted by molar-refractivity contribution is -0.154. The predicted molar refractivity (Wildman–Crippen MR) is 242 cm³/mol. The van der Waals surface area contributed by atoms with Gasteiger partial charge < -0.3 is 29.3 Å². The van der Waals surface area contributed by atoms with Crippen molar-refractivity contribution in [3.05, 3.63) is 65.0 Å². The van der Waals surface area contributed by atoms with Gasteiger partial charge in [-0.2, -0.15) is 0 Å². The molecule has 16 heteroatoms. The molecule has 2 aromatic heterocycles. The van der Waals surface area contributed by atoms with Gasteiger partial charge in [0.1, 0.15) is 41.0 Å². The van der Waals surface area contributed by atoms with E-state index >= 15 is 0 Å². The third kappa shape index (κ3) is 10.2. The van der Waals surface area contributed by atoms with Crippen molar-refractivity contribution in [2.24, 2.45) is 11.8 Å². The van der Waals surface area contributed by atoms with E-state index in [0.717, 1.165) is 68.6 Å². The van der Waals surface area contributed by atoms with Gasteiger partial charge in [0.15, 0.2) is 10.9 Å². The number of benzene rings is 2. The number of methoxy groups -OCH3 is 1. The van der Waals surface area contributed by atoms with Crippen LogP contribution in [0.3, 0.4) is 0 Å². The molecule has 2 aliphatic carbocycles. The molecule has 2 N–H and O–H groups in total. The highest BCUT2D eigenvalue weighted by Crippen LogP contribution is 2.75. The molecule has 64 heavy (non-hydrogen) atoms. The maximum Gasteiger partial charge on any atom is 0.306 e. The van der Waals surface area contributed by atoms with E-state index in [9.17, 15) is 32.6 Å². The van der Waals surface area contributed by atoms with Crippen LogP contribution in [0.1, 0.15) is 116 Å². The Balaban J connectivity index is 1.13. The molecule has 2 aromatic carbocycles. The summed E-state index contributed by atoms with van der Waals surface area (Å²) in [6, 6.07) is 9.72. The average Bonchev–Trinajstić information content (AvgIpc) is 3.67.